The first-order chi connectivity index (χ1) is 11.2. The summed E-state index contributed by atoms with van der Waals surface area (Å²) in [5.41, 5.74) is 5.08. The van der Waals surface area contributed by atoms with Gasteiger partial charge in [0.1, 0.15) is 12.2 Å². The fourth-order valence-electron chi connectivity index (χ4n) is 2.85. The fourth-order valence-corrected chi connectivity index (χ4v) is 2.85. The quantitative estimate of drug-likeness (QED) is 0.823. The molecule has 0 aliphatic carbocycles. The molecule has 1 aromatic heterocycles. The van der Waals surface area contributed by atoms with Crippen LogP contribution in [0.2, 0.25) is 0 Å². The highest BCUT2D eigenvalue weighted by molar-refractivity contribution is 5.93. The maximum atomic E-state index is 12.2. The van der Waals surface area contributed by atoms with Gasteiger partial charge in [0.05, 0.1) is 11.6 Å². The Morgan fingerprint density at radius 3 is 2.79 bits per heavy atom. The molecular weight excluding hydrogens is 312 g/mol. The lowest BCUT2D eigenvalue weighted by atomic mass is 10.1. The Bertz CT molecular complexity index is 671. The highest BCUT2D eigenvalue weighted by Crippen LogP contribution is 2.34. The normalized spacial score (nSPS) is 19.9. The summed E-state index contributed by atoms with van der Waals surface area (Å²) in [5.74, 6) is 0.694. The molecular formula is C16H22N4O4. The lowest BCUT2D eigenvalue weighted by molar-refractivity contribution is 0.0194. The second-order valence-corrected chi connectivity index (χ2v) is 6.99. The molecule has 0 spiro atoms. The van der Waals surface area contributed by atoms with Crippen molar-refractivity contribution in [1.82, 2.24) is 9.88 Å². The Balaban J connectivity index is 1.73. The molecule has 1 unspecified atom stereocenters. The number of primary amides is 1. The van der Waals surface area contributed by atoms with Crippen LogP contribution in [0.3, 0.4) is 0 Å². The van der Waals surface area contributed by atoms with Crippen molar-refractivity contribution < 1.29 is 19.1 Å². The number of ether oxygens (including phenoxy) is 2. The van der Waals surface area contributed by atoms with Crippen molar-refractivity contribution in [2.24, 2.45) is 5.73 Å². The minimum Gasteiger partial charge on any atom is -0.487 e. The van der Waals surface area contributed by atoms with Gasteiger partial charge < -0.3 is 25.0 Å². The smallest absolute Gasteiger partial charge is 0.410 e. The zero-order valence-electron chi connectivity index (χ0n) is 14.1. The summed E-state index contributed by atoms with van der Waals surface area (Å²) in [7, 11) is 0. The molecule has 0 bridgehead atoms. The van der Waals surface area contributed by atoms with Crippen molar-refractivity contribution >= 4 is 17.8 Å². The Morgan fingerprint density at radius 2 is 2.12 bits per heavy atom. The standard InChI is InChI=1S/C16H22N4O4/c1-16(2,3)24-15(22)19-4-5-20-11(8-19)9-23-12-6-10(13(17)21)7-18-14(12)20/h6-7,11H,4-5,8-9H2,1-3H3,(H2,17,21). The molecule has 8 heteroatoms. The molecule has 3 rings (SSSR count). The van der Waals surface area contributed by atoms with Gasteiger partial charge in [0.25, 0.3) is 0 Å². The maximum Gasteiger partial charge on any atom is 0.410 e. The van der Waals surface area contributed by atoms with E-state index in [-0.39, 0.29) is 12.1 Å². The summed E-state index contributed by atoms with van der Waals surface area (Å²) in [4.78, 5) is 31.6. The predicted octanol–water partition coefficient (Wildman–Crippen LogP) is 0.999. The third kappa shape index (κ3) is 3.22. The highest BCUT2D eigenvalue weighted by atomic mass is 16.6. The van der Waals surface area contributed by atoms with Gasteiger partial charge in [-0.25, -0.2) is 9.78 Å². The van der Waals surface area contributed by atoms with E-state index in [1.165, 1.54) is 6.20 Å². The van der Waals surface area contributed by atoms with Gasteiger partial charge in [-0.05, 0) is 26.8 Å². The lowest BCUT2D eigenvalue weighted by Crippen LogP contribution is -2.59. The minimum atomic E-state index is -0.536. The maximum absolute atomic E-state index is 12.2. The number of fused-ring (bicyclic) bond motifs is 3. The van der Waals surface area contributed by atoms with Gasteiger partial charge in [0.15, 0.2) is 11.6 Å². The van der Waals surface area contributed by atoms with E-state index in [0.717, 1.165) is 0 Å². The number of nitrogens with two attached hydrogens (primary N) is 1. The van der Waals surface area contributed by atoms with Crippen molar-refractivity contribution in [2.75, 3.05) is 31.1 Å². The van der Waals surface area contributed by atoms with Gasteiger partial charge in [0, 0.05) is 25.8 Å². The number of piperazine rings is 1. The predicted molar refractivity (Wildman–Crippen MR) is 87.2 cm³/mol. The van der Waals surface area contributed by atoms with E-state index in [9.17, 15) is 9.59 Å². The van der Waals surface area contributed by atoms with Crippen molar-refractivity contribution in [3.05, 3.63) is 17.8 Å². The van der Waals surface area contributed by atoms with E-state index < -0.39 is 11.5 Å². The first-order valence-corrected chi connectivity index (χ1v) is 7.92. The number of amides is 2. The molecule has 130 valence electrons. The Morgan fingerprint density at radius 1 is 1.38 bits per heavy atom. The van der Waals surface area contributed by atoms with Gasteiger partial charge in [-0.1, -0.05) is 0 Å². The number of hydrogen-bond acceptors (Lipinski definition) is 6. The van der Waals surface area contributed by atoms with Crippen LogP contribution >= 0.6 is 0 Å². The van der Waals surface area contributed by atoms with Gasteiger partial charge in [-0.2, -0.15) is 0 Å². The third-order valence-corrected chi connectivity index (χ3v) is 3.96. The van der Waals surface area contributed by atoms with Crippen LogP contribution in [0, 0.1) is 0 Å². The van der Waals surface area contributed by atoms with Crippen LogP contribution in [0.25, 0.3) is 0 Å². The number of hydrogen-bond donors (Lipinski definition) is 1. The Kier molecular flexibility index (Phi) is 3.98. The summed E-state index contributed by atoms with van der Waals surface area (Å²) < 4.78 is 11.2. The highest BCUT2D eigenvalue weighted by Gasteiger charge is 2.36. The number of carbonyl (C=O) groups excluding carboxylic acids is 2. The van der Waals surface area contributed by atoms with Crippen LogP contribution < -0.4 is 15.4 Å². The van der Waals surface area contributed by atoms with Crippen molar-refractivity contribution in [2.45, 2.75) is 32.4 Å². The molecule has 2 amide bonds. The third-order valence-electron chi connectivity index (χ3n) is 3.96. The first kappa shape index (κ1) is 16.4. The molecule has 3 heterocycles. The molecule has 2 aliphatic heterocycles. The van der Waals surface area contributed by atoms with Crippen LogP contribution in [-0.2, 0) is 4.74 Å². The molecule has 1 aromatic rings. The molecule has 0 saturated carbocycles. The fraction of sp³-hybridized carbons (Fsp3) is 0.562. The largest absolute Gasteiger partial charge is 0.487 e. The van der Waals surface area contributed by atoms with E-state index >= 15 is 0 Å². The van der Waals surface area contributed by atoms with E-state index in [2.05, 4.69) is 9.88 Å². The number of anilines is 1. The van der Waals surface area contributed by atoms with Gasteiger partial charge in [0.2, 0.25) is 5.91 Å². The van der Waals surface area contributed by atoms with Crippen molar-refractivity contribution in [3.63, 3.8) is 0 Å². The van der Waals surface area contributed by atoms with Gasteiger partial charge in [-0.3, -0.25) is 4.79 Å². The van der Waals surface area contributed by atoms with Crippen molar-refractivity contribution in [3.8, 4) is 5.75 Å². The number of aromatic nitrogens is 1. The van der Waals surface area contributed by atoms with Crippen LogP contribution in [-0.4, -0.2) is 59.8 Å². The first-order valence-electron chi connectivity index (χ1n) is 7.92. The zero-order chi connectivity index (χ0) is 17.5. The average molecular weight is 334 g/mol. The second-order valence-electron chi connectivity index (χ2n) is 6.99. The summed E-state index contributed by atoms with van der Waals surface area (Å²) >= 11 is 0. The molecule has 2 aliphatic rings. The van der Waals surface area contributed by atoms with E-state index in [1.54, 1.807) is 11.0 Å². The van der Waals surface area contributed by atoms with Crippen LogP contribution in [0.15, 0.2) is 12.3 Å². The summed E-state index contributed by atoms with van der Waals surface area (Å²) in [5, 5.41) is 0. The molecule has 1 saturated heterocycles. The number of rotatable bonds is 1. The van der Waals surface area contributed by atoms with E-state index in [1.807, 2.05) is 20.8 Å². The summed E-state index contributed by atoms with van der Waals surface area (Å²) in [6.45, 7) is 7.64. The monoisotopic (exact) mass is 334 g/mol. The molecule has 1 fully saturated rings. The van der Waals surface area contributed by atoms with Gasteiger partial charge >= 0.3 is 6.09 Å². The molecule has 24 heavy (non-hydrogen) atoms. The Labute approximate surface area is 140 Å². The van der Waals surface area contributed by atoms with Gasteiger partial charge in [-0.15, -0.1) is 0 Å². The number of nitrogens with zero attached hydrogens (tertiary/aromatic N) is 3. The lowest BCUT2D eigenvalue weighted by Gasteiger charge is -2.44. The zero-order valence-corrected chi connectivity index (χ0v) is 14.1. The topological polar surface area (TPSA) is 98.0 Å². The summed E-state index contributed by atoms with van der Waals surface area (Å²) in [6, 6.07) is 1.62. The molecule has 8 nitrogen and oxygen atoms in total. The van der Waals surface area contributed by atoms with Crippen LogP contribution in [0.4, 0.5) is 10.6 Å². The van der Waals surface area contributed by atoms with Crippen molar-refractivity contribution in [1.29, 1.82) is 0 Å². The molecule has 2 N–H and O–H groups in total. The summed E-state index contributed by atoms with van der Waals surface area (Å²) in [6.07, 6.45) is 1.14. The Hall–Kier alpha value is -2.51. The second kappa shape index (κ2) is 5.85. The minimum absolute atomic E-state index is 0.00527. The molecule has 1 atom stereocenters. The average Bonchev–Trinajstić information content (AvgIpc) is 2.51. The number of carbonyl (C=O) groups is 2. The van der Waals surface area contributed by atoms with E-state index in [0.29, 0.717) is 43.4 Å². The van der Waals surface area contributed by atoms with Crippen LogP contribution in [0.1, 0.15) is 31.1 Å². The van der Waals surface area contributed by atoms with Crippen LogP contribution in [0.5, 0.6) is 5.75 Å². The SMILES string of the molecule is CC(C)(C)OC(=O)N1CCN2c3ncc(C(N)=O)cc3OCC2C1. The van der Waals surface area contributed by atoms with E-state index in [4.69, 9.17) is 15.2 Å². The number of pyridine rings is 1. The molecule has 0 aromatic carbocycles. The molecule has 0 radical (unpaired) electrons.